The zero-order valence-corrected chi connectivity index (χ0v) is 16.2. The van der Waals surface area contributed by atoms with Gasteiger partial charge in [0.1, 0.15) is 17.5 Å². The van der Waals surface area contributed by atoms with E-state index in [1.165, 1.54) is 7.11 Å². The van der Waals surface area contributed by atoms with Crippen LogP contribution in [0.4, 0.5) is 0 Å². The number of para-hydroxylation sites is 2. The average molecular weight is 407 g/mol. The highest BCUT2D eigenvalue weighted by atomic mass is 32.2. The lowest BCUT2D eigenvalue weighted by molar-refractivity contribution is -0.139. The molecule has 0 spiro atoms. The first-order valence-electron chi connectivity index (χ1n) is 8.47. The number of carboxylic acid groups (broad SMARTS) is 1. The van der Waals surface area contributed by atoms with Crippen molar-refractivity contribution in [3.63, 3.8) is 0 Å². The molecule has 0 aliphatic carbocycles. The number of carbonyl (C=O) groups is 2. The number of benzene rings is 1. The normalized spacial score (nSPS) is 11.6. The van der Waals surface area contributed by atoms with Crippen LogP contribution >= 0.6 is 11.8 Å². The number of hydrogen-bond acceptors (Lipinski definition) is 7. The van der Waals surface area contributed by atoms with Crippen LogP contribution < -0.4 is 15.6 Å². The van der Waals surface area contributed by atoms with Crippen molar-refractivity contribution in [3.8, 4) is 17.2 Å². The SMILES string of the molecule is CCSCCC(NC(=O)c1nn(-c2ccccc2OC)c(=O)cc1O)C(=O)O. The average Bonchev–Trinajstić information content (AvgIpc) is 2.67. The monoisotopic (exact) mass is 407 g/mol. The van der Waals surface area contributed by atoms with Crippen molar-refractivity contribution in [1.29, 1.82) is 0 Å². The summed E-state index contributed by atoms with van der Waals surface area (Å²) in [5, 5.41) is 25.6. The number of carbonyl (C=O) groups excluding carboxylic acids is 1. The molecule has 1 atom stereocenters. The largest absolute Gasteiger partial charge is 0.505 e. The van der Waals surface area contributed by atoms with Crippen LogP contribution in [0.25, 0.3) is 5.69 Å². The van der Waals surface area contributed by atoms with E-state index in [2.05, 4.69) is 10.4 Å². The van der Waals surface area contributed by atoms with E-state index < -0.39 is 34.9 Å². The molecule has 28 heavy (non-hydrogen) atoms. The third kappa shape index (κ3) is 5.03. The van der Waals surface area contributed by atoms with E-state index in [0.29, 0.717) is 11.5 Å². The zero-order chi connectivity index (χ0) is 20.7. The Morgan fingerprint density at radius 3 is 2.71 bits per heavy atom. The molecule has 0 saturated heterocycles. The Labute approximate surface area is 165 Å². The van der Waals surface area contributed by atoms with Crippen LogP contribution in [0, 0.1) is 0 Å². The second-order valence-electron chi connectivity index (χ2n) is 5.65. The van der Waals surface area contributed by atoms with Crippen LogP contribution in [0.1, 0.15) is 23.8 Å². The Bertz CT molecular complexity index is 914. The molecule has 0 fully saturated rings. The minimum atomic E-state index is -1.19. The highest BCUT2D eigenvalue weighted by Crippen LogP contribution is 2.21. The number of rotatable bonds is 9. The highest BCUT2D eigenvalue weighted by Gasteiger charge is 2.24. The van der Waals surface area contributed by atoms with E-state index in [0.717, 1.165) is 16.5 Å². The van der Waals surface area contributed by atoms with Crippen LogP contribution in [0.15, 0.2) is 35.1 Å². The molecule has 9 nitrogen and oxygen atoms in total. The van der Waals surface area contributed by atoms with Crippen LogP contribution in [0.3, 0.4) is 0 Å². The summed E-state index contributed by atoms with van der Waals surface area (Å²) in [6.45, 7) is 1.95. The molecule has 0 bridgehead atoms. The summed E-state index contributed by atoms with van der Waals surface area (Å²) < 4.78 is 6.11. The summed E-state index contributed by atoms with van der Waals surface area (Å²) in [6, 6.07) is 6.24. The Balaban J connectivity index is 2.36. The lowest BCUT2D eigenvalue weighted by Crippen LogP contribution is -2.42. The first-order chi connectivity index (χ1) is 13.4. The summed E-state index contributed by atoms with van der Waals surface area (Å²) in [4.78, 5) is 36.1. The second kappa shape index (κ2) is 9.79. The number of aromatic hydroxyl groups is 1. The number of aliphatic carboxylic acids is 1. The number of methoxy groups -OCH3 is 1. The molecule has 0 aliphatic heterocycles. The van der Waals surface area contributed by atoms with Gasteiger partial charge in [-0.05, 0) is 30.1 Å². The Morgan fingerprint density at radius 1 is 1.36 bits per heavy atom. The number of thioether (sulfide) groups is 1. The van der Waals surface area contributed by atoms with Crippen LogP contribution in [0.2, 0.25) is 0 Å². The fourth-order valence-electron chi connectivity index (χ4n) is 2.42. The second-order valence-corrected chi connectivity index (χ2v) is 7.04. The van der Waals surface area contributed by atoms with E-state index in [1.54, 1.807) is 36.0 Å². The van der Waals surface area contributed by atoms with Crippen LogP contribution in [0.5, 0.6) is 11.5 Å². The lowest BCUT2D eigenvalue weighted by atomic mass is 10.2. The third-order valence-corrected chi connectivity index (χ3v) is 4.73. The van der Waals surface area contributed by atoms with E-state index in [-0.39, 0.29) is 12.1 Å². The van der Waals surface area contributed by atoms with E-state index in [4.69, 9.17) is 4.74 Å². The lowest BCUT2D eigenvalue weighted by Gasteiger charge is -2.15. The molecule has 150 valence electrons. The van der Waals surface area contributed by atoms with Gasteiger partial charge >= 0.3 is 5.97 Å². The molecule has 10 heteroatoms. The summed E-state index contributed by atoms with van der Waals surface area (Å²) in [7, 11) is 1.42. The predicted octanol–water partition coefficient (Wildman–Crippen LogP) is 1.27. The minimum Gasteiger partial charge on any atom is -0.505 e. The van der Waals surface area contributed by atoms with Gasteiger partial charge in [-0.2, -0.15) is 21.5 Å². The number of hydrogen-bond donors (Lipinski definition) is 3. The highest BCUT2D eigenvalue weighted by molar-refractivity contribution is 7.99. The van der Waals surface area contributed by atoms with Gasteiger partial charge in [0.2, 0.25) is 0 Å². The minimum absolute atomic E-state index is 0.215. The Kier molecular flexibility index (Phi) is 7.44. The van der Waals surface area contributed by atoms with Crippen molar-refractivity contribution in [2.24, 2.45) is 0 Å². The molecule has 0 aliphatic rings. The molecule has 3 N–H and O–H groups in total. The number of ether oxygens (including phenoxy) is 1. The smallest absolute Gasteiger partial charge is 0.326 e. The number of aromatic nitrogens is 2. The number of nitrogens with one attached hydrogen (secondary N) is 1. The zero-order valence-electron chi connectivity index (χ0n) is 15.4. The molecular weight excluding hydrogens is 386 g/mol. The molecule has 0 saturated carbocycles. The van der Waals surface area contributed by atoms with Gasteiger partial charge in [0.05, 0.1) is 7.11 Å². The molecule has 1 aromatic carbocycles. The van der Waals surface area contributed by atoms with Gasteiger partial charge in [-0.25, -0.2) is 4.79 Å². The summed E-state index contributed by atoms with van der Waals surface area (Å²) in [5.41, 5.74) is -0.856. The Morgan fingerprint density at radius 2 is 2.07 bits per heavy atom. The third-order valence-electron chi connectivity index (χ3n) is 3.80. The molecule has 2 rings (SSSR count). The van der Waals surface area contributed by atoms with Gasteiger partial charge in [0.25, 0.3) is 11.5 Å². The molecular formula is C18H21N3O6S. The fraction of sp³-hybridized carbons (Fsp3) is 0.333. The molecule has 1 unspecified atom stereocenters. The Hall–Kier alpha value is -3.01. The van der Waals surface area contributed by atoms with Crippen LogP contribution in [-0.4, -0.2) is 56.5 Å². The van der Waals surface area contributed by atoms with Crippen LogP contribution in [-0.2, 0) is 4.79 Å². The number of carboxylic acids is 1. The van der Waals surface area contributed by atoms with Crippen molar-refractivity contribution in [2.75, 3.05) is 18.6 Å². The van der Waals surface area contributed by atoms with E-state index >= 15 is 0 Å². The molecule has 2 aromatic rings. The van der Waals surface area contributed by atoms with Crippen molar-refractivity contribution in [3.05, 3.63) is 46.4 Å². The summed E-state index contributed by atoms with van der Waals surface area (Å²) in [6.07, 6.45) is 0.215. The topological polar surface area (TPSA) is 131 Å². The van der Waals surface area contributed by atoms with Gasteiger partial charge in [0, 0.05) is 6.07 Å². The van der Waals surface area contributed by atoms with E-state index in [9.17, 15) is 24.6 Å². The first kappa shape index (κ1) is 21.3. The standard InChI is InChI=1S/C18H21N3O6S/c1-3-28-9-8-11(18(25)26)19-17(24)16-13(22)10-15(23)21(20-16)12-6-4-5-7-14(12)27-2/h4-7,10-11,22H,3,8-9H2,1-2H3,(H,19,24)(H,25,26). The van der Waals surface area contributed by atoms with Gasteiger partial charge < -0.3 is 20.3 Å². The quantitative estimate of drug-likeness (QED) is 0.530. The maximum Gasteiger partial charge on any atom is 0.326 e. The van der Waals surface area contributed by atoms with Gasteiger partial charge in [-0.3, -0.25) is 9.59 Å². The van der Waals surface area contributed by atoms with Gasteiger partial charge in [-0.1, -0.05) is 19.1 Å². The van der Waals surface area contributed by atoms with Crippen molar-refractivity contribution in [2.45, 2.75) is 19.4 Å². The van der Waals surface area contributed by atoms with Crippen molar-refractivity contribution >= 4 is 23.6 Å². The van der Waals surface area contributed by atoms with Crippen molar-refractivity contribution < 1.29 is 24.5 Å². The molecule has 1 aromatic heterocycles. The predicted molar refractivity (Wildman–Crippen MR) is 105 cm³/mol. The summed E-state index contributed by atoms with van der Waals surface area (Å²) >= 11 is 1.55. The fourth-order valence-corrected chi connectivity index (χ4v) is 3.11. The summed E-state index contributed by atoms with van der Waals surface area (Å²) in [5.74, 6) is -1.01. The van der Waals surface area contributed by atoms with Crippen molar-refractivity contribution in [1.82, 2.24) is 15.1 Å². The maximum atomic E-state index is 12.5. The molecule has 1 heterocycles. The van der Waals surface area contributed by atoms with E-state index in [1.807, 2.05) is 6.92 Å². The molecule has 1 amide bonds. The number of amides is 1. The van der Waals surface area contributed by atoms with Gasteiger partial charge in [0.15, 0.2) is 11.4 Å². The molecule has 0 radical (unpaired) electrons. The van der Waals surface area contributed by atoms with Gasteiger partial charge in [-0.15, -0.1) is 0 Å². The maximum absolute atomic E-state index is 12.5. The number of nitrogens with zero attached hydrogens (tertiary/aromatic N) is 2. The first-order valence-corrected chi connectivity index (χ1v) is 9.62.